The maximum absolute atomic E-state index is 4.61. The Bertz CT molecular complexity index is 873. The van der Waals surface area contributed by atoms with Crippen LogP contribution >= 0.6 is 51.2 Å². The van der Waals surface area contributed by atoms with Gasteiger partial charge in [0.25, 0.3) is 0 Å². The number of aryl methyl sites for hydroxylation is 2. The normalized spacial score (nSPS) is 11.4. The summed E-state index contributed by atoms with van der Waals surface area (Å²) in [5, 5.41) is 6.72. The van der Waals surface area contributed by atoms with Crippen LogP contribution in [-0.4, -0.2) is 29.1 Å². The predicted molar refractivity (Wildman–Crippen MR) is 125 cm³/mol. The van der Waals surface area contributed by atoms with Crippen molar-refractivity contribution in [2.45, 2.75) is 26.4 Å². The zero-order valence-electron chi connectivity index (χ0n) is 14.8. The van der Waals surface area contributed by atoms with Gasteiger partial charge >= 0.3 is 0 Å². The fraction of sp³-hybridized carbons (Fsp3) is 0.333. The highest BCUT2D eigenvalue weighted by molar-refractivity contribution is 14.0. The van der Waals surface area contributed by atoms with Gasteiger partial charge in [-0.2, -0.15) is 0 Å². The number of halogens is 2. The second-order valence-corrected chi connectivity index (χ2v) is 8.26. The molecule has 0 aliphatic heterocycles. The van der Waals surface area contributed by atoms with Gasteiger partial charge in [-0.3, -0.25) is 4.99 Å². The molecule has 0 saturated carbocycles. The third-order valence-electron chi connectivity index (χ3n) is 3.98. The van der Waals surface area contributed by atoms with Crippen LogP contribution in [0.25, 0.3) is 11.0 Å². The van der Waals surface area contributed by atoms with Crippen LogP contribution in [0.15, 0.2) is 45.2 Å². The molecule has 0 bridgehead atoms. The monoisotopic (exact) mass is 547 g/mol. The third-order valence-corrected chi connectivity index (χ3v) is 5.60. The van der Waals surface area contributed by atoms with Gasteiger partial charge < -0.3 is 15.2 Å². The smallest absolute Gasteiger partial charge is 0.191 e. The van der Waals surface area contributed by atoms with Crippen molar-refractivity contribution in [1.29, 1.82) is 0 Å². The van der Waals surface area contributed by atoms with E-state index in [1.165, 1.54) is 10.4 Å². The van der Waals surface area contributed by atoms with E-state index in [0.717, 1.165) is 47.1 Å². The molecule has 3 rings (SSSR count). The molecule has 0 amide bonds. The molecule has 0 fully saturated rings. The predicted octanol–water partition coefficient (Wildman–Crippen LogP) is 4.54. The van der Waals surface area contributed by atoms with Crippen molar-refractivity contribution < 1.29 is 0 Å². The molecule has 1 aromatic carbocycles. The molecule has 2 N–H and O–H groups in total. The summed E-state index contributed by atoms with van der Waals surface area (Å²) in [7, 11) is 1.80. The number of guanidine groups is 1. The van der Waals surface area contributed by atoms with E-state index < -0.39 is 0 Å². The SMILES string of the molecule is CN=C(NCCCn1c(C)nc2ccccc21)NCc1ccc(Br)s1.I. The number of aromatic nitrogens is 2. The summed E-state index contributed by atoms with van der Waals surface area (Å²) in [6, 6.07) is 12.5. The molecule has 0 aliphatic rings. The van der Waals surface area contributed by atoms with Crippen LogP contribution in [0.3, 0.4) is 0 Å². The first-order valence-electron chi connectivity index (χ1n) is 8.28. The van der Waals surface area contributed by atoms with Gasteiger partial charge in [0, 0.05) is 25.0 Å². The van der Waals surface area contributed by atoms with E-state index in [-0.39, 0.29) is 24.0 Å². The second kappa shape index (κ2) is 10.3. The highest BCUT2D eigenvalue weighted by Gasteiger charge is 2.06. The van der Waals surface area contributed by atoms with Crippen molar-refractivity contribution in [1.82, 2.24) is 20.2 Å². The molecule has 0 aliphatic carbocycles. The lowest BCUT2D eigenvalue weighted by atomic mass is 10.3. The molecule has 3 aromatic rings. The number of thiophene rings is 1. The first-order chi connectivity index (χ1) is 12.2. The van der Waals surface area contributed by atoms with Gasteiger partial charge in [0.2, 0.25) is 0 Å². The van der Waals surface area contributed by atoms with E-state index in [0.29, 0.717) is 0 Å². The summed E-state index contributed by atoms with van der Waals surface area (Å²) in [5.74, 6) is 1.89. The standard InChI is InChI=1S/C18H22BrN5S.HI/c1-13-23-15-6-3-4-7-16(15)24(13)11-5-10-21-18(20-2)22-12-14-8-9-17(19)25-14;/h3-4,6-9H,5,10-12H2,1-2H3,(H2,20,21,22);1H. The molecule has 26 heavy (non-hydrogen) atoms. The van der Waals surface area contributed by atoms with Gasteiger partial charge in [-0.25, -0.2) is 4.98 Å². The van der Waals surface area contributed by atoms with Crippen LogP contribution in [0.1, 0.15) is 17.1 Å². The number of rotatable bonds is 6. The van der Waals surface area contributed by atoms with E-state index in [4.69, 9.17) is 0 Å². The van der Waals surface area contributed by atoms with Crippen molar-refractivity contribution in [3.63, 3.8) is 0 Å². The largest absolute Gasteiger partial charge is 0.356 e. The van der Waals surface area contributed by atoms with Crippen LogP contribution in [0.2, 0.25) is 0 Å². The summed E-state index contributed by atoms with van der Waals surface area (Å²) in [5.41, 5.74) is 2.26. The fourth-order valence-electron chi connectivity index (χ4n) is 2.76. The number of nitrogens with zero attached hydrogens (tertiary/aromatic N) is 3. The number of fused-ring (bicyclic) bond motifs is 1. The highest BCUT2D eigenvalue weighted by atomic mass is 127. The number of para-hydroxylation sites is 2. The molecule has 2 heterocycles. The van der Waals surface area contributed by atoms with Crippen LogP contribution in [0.5, 0.6) is 0 Å². The number of hydrogen-bond donors (Lipinski definition) is 2. The molecule has 5 nitrogen and oxygen atoms in total. The Morgan fingerprint density at radius 2 is 2.04 bits per heavy atom. The van der Waals surface area contributed by atoms with E-state index in [1.54, 1.807) is 18.4 Å². The first-order valence-corrected chi connectivity index (χ1v) is 9.89. The zero-order chi connectivity index (χ0) is 17.6. The molecule has 0 spiro atoms. The molecule has 0 unspecified atom stereocenters. The molecule has 0 atom stereocenters. The molecule has 2 aromatic heterocycles. The van der Waals surface area contributed by atoms with Crippen LogP contribution in [0.4, 0.5) is 0 Å². The van der Waals surface area contributed by atoms with Gasteiger partial charge in [0.1, 0.15) is 5.82 Å². The number of aliphatic imine (C=N–C) groups is 1. The fourth-order valence-corrected chi connectivity index (χ4v) is 4.18. The van der Waals surface area contributed by atoms with Gasteiger partial charge in [-0.05, 0) is 53.5 Å². The summed E-state index contributed by atoms with van der Waals surface area (Å²) < 4.78 is 3.42. The van der Waals surface area contributed by atoms with Crippen molar-refractivity contribution in [2.24, 2.45) is 4.99 Å². The lowest BCUT2D eigenvalue weighted by Crippen LogP contribution is -2.37. The Morgan fingerprint density at radius 1 is 1.23 bits per heavy atom. The Hall–Kier alpha value is -1.13. The quantitative estimate of drug-likeness (QED) is 0.206. The van der Waals surface area contributed by atoms with Crippen molar-refractivity contribution in [2.75, 3.05) is 13.6 Å². The van der Waals surface area contributed by atoms with Crippen LogP contribution < -0.4 is 10.6 Å². The summed E-state index contributed by atoms with van der Waals surface area (Å²) in [6.07, 6.45) is 1.01. The Kier molecular flexibility index (Phi) is 8.36. The minimum absolute atomic E-state index is 0. The van der Waals surface area contributed by atoms with Crippen LogP contribution in [-0.2, 0) is 13.1 Å². The van der Waals surface area contributed by atoms with Crippen molar-refractivity contribution >= 4 is 68.2 Å². The number of nitrogens with one attached hydrogen (secondary N) is 2. The van der Waals surface area contributed by atoms with Crippen molar-refractivity contribution in [3.05, 3.63) is 50.9 Å². The molecule has 140 valence electrons. The highest BCUT2D eigenvalue weighted by Crippen LogP contribution is 2.21. The zero-order valence-corrected chi connectivity index (χ0v) is 19.6. The van der Waals surface area contributed by atoms with E-state index in [2.05, 4.69) is 78.4 Å². The Labute approximate surface area is 183 Å². The lowest BCUT2D eigenvalue weighted by Gasteiger charge is -2.12. The minimum Gasteiger partial charge on any atom is -0.356 e. The molecular formula is C18H23BrIN5S. The molecule has 8 heteroatoms. The van der Waals surface area contributed by atoms with Crippen molar-refractivity contribution in [3.8, 4) is 0 Å². The average molecular weight is 548 g/mol. The van der Waals surface area contributed by atoms with E-state index >= 15 is 0 Å². The minimum atomic E-state index is 0. The maximum Gasteiger partial charge on any atom is 0.191 e. The number of hydrogen-bond acceptors (Lipinski definition) is 3. The first kappa shape index (κ1) is 21.2. The molecule has 0 radical (unpaired) electrons. The van der Waals surface area contributed by atoms with E-state index in [9.17, 15) is 0 Å². The van der Waals surface area contributed by atoms with Crippen LogP contribution in [0, 0.1) is 6.92 Å². The van der Waals surface area contributed by atoms with E-state index in [1.807, 2.05) is 6.07 Å². The maximum atomic E-state index is 4.61. The second-order valence-electron chi connectivity index (χ2n) is 5.71. The molecule has 0 saturated heterocycles. The molecular weight excluding hydrogens is 525 g/mol. The number of benzene rings is 1. The van der Waals surface area contributed by atoms with Gasteiger partial charge in [0.05, 0.1) is 21.4 Å². The summed E-state index contributed by atoms with van der Waals surface area (Å²) >= 11 is 5.22. The summed E-state index contributed by atoms with van der Waals surface area (Å²) in [6.45, 7) is 4.64. The number of imidazole rings is 1. The van der Waals surface area contributed by atoms with Gasteiger partial charge in [-0.1, -0.05) is 12.1 Å². The average Bonchev–Trinajstić information content (AvgIpc) is 3.17. The van der Waals surface area contributed by atoms with Gasteiger partial charge in [-0.15, -0.1) is 35.3 Å². The third kappa shape index (κ3) is 5.43. The Balaban J connectivity index is 0.00000243. The van der Waals surface area contributed by atoms with Gasteiger partial charge in [0.15, 0.2) is 5.96 Å². The lowest BCUT2D eigenvalue weighted by molar-refractivity contribution is 0.624. The summed E-state index contributed by atoms with van der Waals surface area (Å²) in [4.78, 5) is 10.2. The topological polar surface area (TPSA) is 54.2 Å². The Morgan fingerprint density at radius 3 is 2.77 bits per heavy atom.